The Morgan fingerprint density at radius 1 is 1.07 bits per heavy atom. The summed E-state index contributed by atoms with van der Waals surface area (Å²) in [6.07, 6.45) is 1.55. The van der Waals surface area contributed by atoms with Crippen LogP contribution in [0.15, 0.2) is 71.3 Å². The summed E-state index contributed by atoms with van der Waals surface area (Å²) in [5, 5.41) is 2.80. The maximum absolute atomic E-state index is 12.6. The minimum absolute atomic E-state index is 0.126. The van der Waals surface area contributed by atoms with Gasteiger partial charge in [-0.05, 0) is 59.0 Å². The van der Waals surface area contributed by atoms with E-state index in [1.807, 2.05) is 24.3 Å². The highest BCUT2D eigenvalue weighted by atomic mass is 127. The summed E-state index contributed by atoms with van der Waals surface area (Å²) in [5.41, 5.74) is 0.912. The van der Waals surface area contributed by atoms with Crippen molar-refractivity contribution in [1.82, 2.24) is 5.32 Å². The molecule has 144 valence electrons. The van der Waals surface area contributed by atoms with E-state index in [4.69, 9.17) is 9.15 Å². The van der Waals surface area contributed by atoms with Crippen LogP contribution in [0.3, 0.4) is 0 Å². The van der Waals surface area contributed by atoms with Crippen LogP contribution < -0.4 is 15.0 Å². The molecule has 0 aliphatic heterocycles. The number of para-hydroxylation sites is 2. The molecule has 6 nitrogen and oxygen atoms in total. The number of carbonyl (C=O) groups is 2. The Kier molecular flexibility index (Phi) is 6.70. The van der Waals surface area contributed by atoms with Gasteiger partial charge >= 0.3 is 0 Å². The Labute approximate surface area is 176 Å². The van der Waals surface area contributed by atoms with E-state index in [0.29, 0.717) is 22.8 Å². The van der Waals surface area contributed by atoms with Crippen LogP contribution in [0, 0.1) is 3.57 Å². The molecule has 3 rings (SSSR count). The molecular weight excluding hydrogens is 471 g/mol. The van der Waals surface area contributed by atoms with Crippen molar-refractivity contribution in [2.24, 2.45) is 0 Å². The molecule has 0 spiro atoms. The normalized spacial score (nSPS) is 10.4. The fourth-order valence-electron chi connectivity index (χ4n) is 2.57. The van der Waals surface area contributed by atoms with E-state index >= 15 is 0 Å². The zero-order chi connectivity index (χ0) is 19.9. The Balaban J connectivity index is 1.67. The summed E-state index contributed by atoms with van der Waals surface area (Å²) in [6, 6.07) is 18.0. The van der Waals surface area contributed by atoms with Crippen LogP contribution in [-0.2, 0) is 11.3 Å². The average Bonchev–Trinajstić information content (AvgIpc) is 3.24. The second-order valence-corrected chi connectivity index (χ2v) is 7.11. The highest BCUT2D eigenvalue weighted by Crippen LogP contribution is 2.22. The number of nitrogens with zero attached hydrogens (tertiary/aromatic N) is 1. The van der Waals surface area contributed by atoms with E-state index in [1.54, 1.807) is 49.7 Å². The number of hydrogen-bond acceptors (Lipinski definition) is 4. The van der Waals surface area contributed by atoms with E-state index in [0.717, 1.165) is 3.57 Å². The fraction of sp³-hybridized carbons (Fsp3) is 0.143. The van der Waals surface area contributed by atoms with E-state index in [9.17, 15) is 9.59 Å². The van der Waals surface area contributed by atoms with Crippen LogP contribution in [0.5, 0.6) is 5.75 Å². The molecular formula is C21H19IN2O4. The minimum Gasteiger partial charge on any atom is -0.483 e. The summed E-state index contributed by atoms with van der Waals surface area (Å²) in [4.78, 5) is 26.6. The van der Waals surface area contributed by atoms with Crippen LogP contribution in [0.2, 0.25) is 0 Å². The molecule has 0 unspecified atom stereocenters. The van der Waals surface area contributed by atoms with Gasteiger partial charge in [-0.15, -0.1) is 0 Å². The smallest absolute Gasteiger partial charge is 0.264 e. The van der Waals surface area contributed by atoms with Gasteiger partial charge in [-0.2, -0.15) is 0 Å². The van der Waals surface area contributed by atoms with Gasteiger partial charge in [0.2, 0.25) is 0 Å². The van der Waals surface area contributed by atoms with Crippen LogP contribution >= 0.6 is 22.6 Å². The van der Waals surface area contributed by atoms with Crippen molar-refractivity contribution in [2.75, 3.05) is 18.6 Å². The molecule has 3 aromatic rings. The molecule has 0 atom stereocenters. The van der Waals surface area contributed by atoms with Gasteiger partial charge in [0.1, 0.15) is 11.5 Å². The third kappa shape index (κ3) is 4.92. The molecule has 0 fully saturated rings. The second kappa shape index (κ2) is 9.41. The van der Waals surface area contributed by atoms with Crippen molar-refractivity contribution in [3.63, 3.8) is 0 Å². The first-order valence-corrected chi connectivity index (χ1v) is 9.67. The molecule has 1 heterocycles. The van der Waals surface area contributed by atoms with Crippen LogP contribution in [0.4, 0.5) is 5.69 Å². The zero-order valence-electron chi connectivity index (χ0n) is 15.2. The lowest BCUT2D eigenvalue weighted by molar-refractivity contribution is -0.120. The molecule has 0 saturated heterocycles. The molecule has 0 radical (unpaired) electrons. The molecule has 0 saturated carbocycles. The second-order valence-electron chi connectivity index (χ2n) is 5.95. The van der Waals surface area contributed by atoms with Gasteiger partial charge in [0.05, 0.1) is 27.6 Å². The number of halogens is 1. The Morgan fingerprint density at radius 3 is 2.57 bits per heavy atom. The monoisotopic (exact) mass is 490 g/mol. The highest BCUT2D eigenvalue weighted by Gasteiger charge is 2.19. The zero-order valence-corrected chi connectivity index (χ0v) is 17.4. The topological polar surface area (TPSA) is 71.8 Å². The Hall–Kier alpha value is -2.81. The van der Waals surface area contributed by atoms with Gasteiger partial charge in [0.25, 0.3) is 11.8 Å². The lowest BCUT2D eigenvalue weighted by Crippen LogP contribution is -2.33. The summed E-state index contributed by atoms with van der Waals surface area (Å²) in [7, 11) is 1.63. The number of likely N-dealkylation sites (N-methyl/N-ethyl adjacent to an activating group) is 1. The van der Waals surface area contributed by atoms with Gasteiger partial charge in [-0.25, -0.2) is 0 Å². The van der Waals surface area contributed by atoms with Crippen molar-refractivity contribution in [2.45, 2.75) is 6.54 Å². The summed E-state index contributed by atoms with van der Waals surface area (Å²) in [5.74, 6) is 0.756. The lowest BCUT2D eigenvalue weighted by atomic mass is 10.1. The van der Waals surface area contributed by atoms with Crippen molar-refractivity contribution in [3.8, 4) is 5.75 Å². The van der Waals surface area contributed by atoms with Gasteiger partial charge < -0.3 is 19.4 Å². The molecule has 0 bridgehead atoms. The fourth-order valence-corrected chi connectivity index (χ4v) is 3.11. The number of furan rings is 1. The van der Waals surface area contributed by atoms with Gasteiger partial charge in [0.15, 0.2) is 6.61 Å². The number of hydrogen-bond donors (Lipinski definition) is 1. The van der Waals surface area contributed by atoms with Crippen LogP contribution in [0.1, 0.15) is 16.1 Å². The van der Waals surface area contributed by atoms with Gasteiger partial charge in [0, 0.05) is 7.05 Å². The van der Waals surface area contributed by atoms with Gasteiger partial charge in [-0.1, -0.05) is 24.3 Å². The minimum atomic E-state index is -0.287. The SMILES string of the molecule is CN(C(=O)COc1ccccc1I)c1ccccc1C(=O)NCc1ccco1. The number of anilines is 1. The predicted octanol–water partition coefficient (Wildman–Crippen LogP) is 3.86. The molecule has 0 aliphatic rings. The first-order valence-electron chi connectivity index (χ1n) is 8.59. The highest BCUT2D eigenvalue weighted by molar-refractivity contribution is 14.1. The van der Waals surface area contributed by atoms with E-state index in [2.05, 4.69) is 27.9 Å². The maximum Gasteiger partial charge on any atom is 0.264 e. The predicted molar refractivity (Wildman–Crippen MR) is 114 cm³/mol. The summed E-state index contributed by atoms with van der Waals surface area (Å²) >= 11 is 2.15. The van der Waals surface area contributed by atoms with Gasteiger partial charge in [-0.3, -0.25) is 9.59 Å². The number of rotatable bonds is 7. The Morgan fingerprint density at radius 2 is 1.82 bits per heavy atom. The third-order valence-electron chi connectivity index (χ3n) is 4.08. The molecule has 7 heteroatoms. The number of ether oxygens (including phenoxy) is 1. The summed E-state index contributed by atoms with van der Waals surface area (Å²) in [6.45, 7) is 0.145. The van der Waals surface area contributed by atoms with Crippen molar-refractivity contribution >= 4 is 40.1 Å². The number of carbonyl (C=O) groups excluding carboxylic acids is 2. The average molecular weight is 490 g/mol. The quantitative estimate of drug-likeness (QED) is 0.511. The third-order valence-corrected chi connectivity index (χ3v) is 4.97. The molecule has 2 amide bonds. The Bertz CT molecular complexity index is 957. The lowest BCUT2D eigenvalue weighted by Gasteiger charge is -2.20. The van der Waals surface area contributed by atoms with Crippen molar-refractivity contribution < 1.29 is 18.7 Å². The largest absolute Gasteiger partial charge is 0.483 e. The first kappa shape index (κ1) is 19.9. The molecule has 0 aliphatic carbocycles. The molecule has 28 heavy (non-hydrogen) atoms. The first-order chi connectivity index (χ1) is 13.6. The van der Waals surface area contributed by atoms with Crippen LogP contribution in [-0.4, -0.2) is 25.5 Å². The van der Waals surface area contributed by atoms with E-state index in [1.165, 1.54) is 4.90 Å². The number of amides is 2. The molecule has 1 N–H and O–H groups in total. The van der Waals surface area contributed by atoms with Crippen molar-refractivity contribution in [3.05, 3.63) is 81.8 Å². The summed E-state index contributed by atoms with van der Waals surface area (Å²) < 4.78 is 11.8. The molecule has 1 aromatic heterocycles. The maximum atomic E-state index is 12.6. The van der Waals surface area contributed by atoms with E-state index < -0.39 is 0 Å². The van der Waals surface area contributed by atoms with Crippen molar-refractivity contribution in [1.29, 1.82) is 0 Å². The van der Waals surface area contributed by atoms with Crippen LogP contribution in [0.25, 0.3) is 0 Å². The number of benzene rings is 2. The molecule has 2 aromatic carbocycles. The number of nitrogens with one attached hydrogen (secondary N) is 1. The van der Waals surface area contributed by atoms with E-state index in [-0.39, 0.29) is 25.0 Å². The standard InChI is InChI=1S/C21H19IN2O4/c1-24(20(25)14-28-19-11-5-3-9-17(19)22)18-10-4-2-8-16(18)21(26)23-13-15-7-6-12-27-15/h2-12H,13-14H2,1H3,(H,23,26).